The molecule has 0 radical (unpaired) electrons. The number of furan rings is 1. The van der Waals surface area contributed by atoms with Crippen LogP contribution in [0.15, 0.2) is 29.0 Å². The Balaban J connectivity index is 1.72. The lowest BCUT2D eigenvalue weighted by Gasteiger charge is -2.13. The molecule has 1 saturated carbocycles. The Bertz CT molecular complexity index is 577. The molecule has 2 heterocycles. The van der Waals surface area contributed by atoms with Gasteiger partial charge in [0.25, 0.3) is 0 Å². The molecule has 0 aromatic carbocycles. The van der Waals surface area contributed by atoms with Crippen molar-refractivity contribution in [2.24, 2.45) is 0 Å². The monoisotopic (exact) mass is 287 g/mol. The topological polar surface area (TPSA) is 60.2 Å². The van der Waals surface area contributed by atoms with Crippen molar-refractivity contribution in [3.8, 4) is 5.75 Å². The van der Waals surface area contributed by atoms with Crippen LogP contribution in [-0.4, -0.2) is 16.0 Å². The molecule has 0 aliphatic heterocycles. The highest BCUT2D eigenvalue weighted by Gasteiger charge is 2.21. The Labute approximate surface area is 124 Å². The van der Waals surface area contributed by atoms with E-state index in [4.69, 9.17) is 9.15 Å². The number of hydrogen-bond acceptors (Lipinski definition) is 5. The van der Waals surface area contributed by atoms with Crippen molar-refractivity contribution in [3.05, 3.63) is 41.9 Å². The number of hydrogen-bond donors (Lipinski definition) is 1. The van der Waals surface area contributed by atoms with Gasteiger partial charge in [0.15, 0.2) is 5.75 Å². The minimum Gasteiger partial charge on any atom is -0.482 e. The number of nitrogens with zero attached hydrogens (tertiary/aromatic N) is 2. The standard InChI is InChI=1S/C16H21N3O2/c1-11(2)16-18-9-15(21-10-13-4-3-7-20-13)14(19-16)8-17-12-5-6-12/h3-4,7,9,11-12,17H,5-6,8,10H2,1-2H3. The highest BCUT2D eigenvalue weighted by atomic mass is 16.5. The fourth-order valence-electron chi connectivity index (χ4n) is 2.02. The van der Waals surface area contributed by atoms with Crippen LogP contribution in [0.2, 0.25) is 0 Å². The lowest BCUT2D eigenvalue weighted by atomic mass is 10.2. The summed E-state index contributed by atoms with van der Waals surface area (Å²) in [5.74, 6) is 2.68. The zero-order chi connectivity index (χ0) is 14.7. The van der Waals surface area contributed by atoms with Crippen LogP contribution in [0.1, 0.15) is 49.9 Å². The predicted octanol–water partition coefficient (Wildman–Crippen LogP) is 3.02. The maximum absolute atomic E-state index is 5.81. The van der Waals surface area contributed by atoms with E-state index in [-0.39, 0.29) is 0 Å². The SMILES string of the molecule is CC(C)c1ncc(OCc2ccco2)c(CNC2CC2)n1. The molecule has 0 unspecified atom stereocenters. The zero-order valence-electron chi connectivity index (χ0n) is 12.5. The Hall–Kier alpha value is -1.88. The maximum Gasteiger partial charge on any atom is 0.161 e. The van der Waals surface area contributed by atoms with E-state index >= 15 is 0 Å². The average Bonchev–Trinajstić information content (AvgIpc) is 3.17. The molecule has 2 aromatic heterocycles. The molecule has 21 heavy (non-hydrogen) atoms. The fraction of sp³-hybridized carbons (Fsp3) is 0.500. The highest BCUT2D eigenvalue weighted by Crippen LogP contribution is 2.23. The van der Waals surface area contributed by atoms with E-state index < -0.39 is 0 Å². The highest BCUT2D eigenvalue weighted by molar-refractivity contribution is 5.26. The number of rotatable bonds is 7. The van der Waals surface area contributed by atoms with Gasteiger partial charge in [-0.2, -0.15) is 0 Å². The summed E-state index contributed by atoms with van der Waals surface area (Å²) in [6.07, 6.45) is 5.93. The van der Waals surface area contributed by atoms with Gasteiger partial charge in [-0.1, -0.05) is 13.8 Å². The predicted molar refractivity (Wildman–Crippen MR) is 79.0 cm³/mol. The largest absolute Gasteiger partial charge is 0.482 e. The summed E-state index contributed by atoms with van der Waals surface area (Å²) >= 11 is 0. The van der Waals surface area contributed by atoms with Crippen molar-refractivity contribution in [3.63, 3.8) is 0 Å². The average molecular weight is 287 g/mol. The third-order valence-corrected chi connectivity index (χ3v) is 3.45. The van der Waals surface area contributed by atoms with Crippen molar-refractivity contribution in [1.82, 2.24) is 15.3 Å². The van der Waals surface area contributed by atoms with Crippen molar-refractivity contribution < 1.29 is 9.15 Å². The van der Waals surface area contributed by atoms with Gasteiger partial charge in [-0.05, 0) is 25.0 Å². The first kappa shape index (κ1) is 14.1. The summed E-state index contributed by atoms with van der Waals surface area (Å²) in [5.41, 5.74) is 0.923. The van der Waals surface area contributed by atoms with Gasteiger partial charge in [0, 0.05) is 18.5 Å². The first-order valence-electron chi connectivity index (χ1n) is 7.46. The molecule has 5 nitrogen and oxygen atoms in total. The van der Waals surface area contributed by atoms with E-state index in [1.54, 1.807) is 12.5 Å². The second-order valence-corrected chi connectivity index (χ2v) is 5.72. The Morgan fingerprint density at radius 2 is 2.29 bits per heavy atom. The lowest BCUT2D eigenvalue weighted by Crippen LogP contribution is -2.18. The Kier molecular flexibility index (Phi) is 4.20. The molecule has 0 amide bonds. The summed E-state index contributed by atoms with van der Waals surface area (Å²) in [5, 5.41) is 3.48. The van der Waals surface area contributed by atoms with Crippen molar-refractivity contribution in [2.75, 3.05) is 0 Å². The first-order chi connectivity index (χ1) is 10.2. The molecule has 112 valence electrons. The summed E-state index contributed by atoms with van der Waals surface area (Å²) < 4.78 is 11.1. The van der Waals surface area contributed by atoms with Crippen molar-refractivity contribution in [2.45, 2.75) is 51.8 Å². The Morgan fingerprint density at radius 3 is 2.95 bits per heavy atom. The van der Waals surface area contributed by atoms with Crippen LogP contribution in [0.25, 0.3) is 0 Å². The van der Waals surface area contributed by atoms with Gasteiger partial charge >= 0.3 is 0 Å². The van der Waals surface area contributed by atoms with Gasteiger partial charge in [0.1, 0.15) is 18.2 Å². The molecular weight excluding hydrogens is 266 g/mol. The van der Waals surface area contributed by atoms with Gasteiger partial charge in [0.05, 0.1) is 18.2 Å². The van der Waals surface area contributed by atoms with Crippen molar-refractivity contribution in [1.29, 1.82) is 0 Å². The maximum atomic E-state index is 5.81. The third-order valence-electron chi connectivity index (χ3n) is 3.45. The first-order valence-corrected chi connectivity index (χ1v) is 7.46. The van der Waals surface area contributed by atoms with Crippen LogP contribution in [0.3, 0.4) is 0 Å². The van der Waals surface area contributed by atoms with E-state index in [9.17, 15) is 0 Å². The molecule has 3 rings (SSSR count). The molecule has 1 N–H and O–H groups in total. The quantitative estimate of drug-likeness (QED) is 0.848. The fourth-order valence-corrected chi connectivity index (χ4v) is 2.02. The molecule has 1 aliphatic carbocycles. The van der Waals surface area contributed by atoms with Crippen LogP contribution in [0.5, 0.6) is 5.75 Å². The van der Waals surface area contributed by atoms with Crippen LogP contribution in [0, 0.1) is 0 Å². The number of aromatic nitrogens is 2. The summed E-state index contributed by atoms with van der Waals surface area (Å²) in [7, 11) is 0. The van der Waals surface area contributed by atoms with E-state index in [1.165, 1.54) is 12.8 Å². The second-order valence-electron chi connectivity index (χ2n) is 5.72. The Morgan fingerprint density at radius 1 is 1.43 bits per heavy atom. The number of nitrogens with one attached hydrogen (secondary N) is 1. The molecule has 1 aliphatic rings. The van der Waals surface area contributed by atoms with E-state index in [1.807, 2.05) is 12.1 Å². The molecule has 0 bridgehead atoms. The molecule has 0 spiro atoms. The molecule has 0 saturated heterocycles. The lowest BCUT2D eigenvalue weighted by molar-refractivity contribution is 0.264. The van der Waals surface area contributed by atoms with E-state index in [2.05, 4.69) is 29.1 Å². The molecule has 5 heteroatoms. The van der Waals surface area contributed by atoms with Gasteiger partial charge < -0.3 is 14.5 Å². The zero-order valence-corrected chi connectivity index (χ0v) is 12.5. The van der Waals surface area contributed by atoms with Gasteiger partial charge in [-0.25, -0.2) is 9.97 Å². The third kappa shape index (κ3) is 3.82. The second kappa shape index (κ2) is 6.26. The summed E-state index contributed by atoms with van der Waals surface area (Å²) in [6.45, 7) is 5.31. The van der Waals surface area contributed by atoms with Gasteiger partial charge in [-0.15, -0.1) is 0 Å². The summed E-state index contributed by atoms with van der Waals surface area (Å²) in [6, 6.07) is 4.39. The van der Waals surface area contributed by atoms with E-state index in [0.29, 0.717) is 18.6 Å². The van der Waals surface area contributed by atoms with Crippen LogP contribution >= 0.6 is 0 Å². The minimum atomic E-state index is 0.309. The van der Waals surface area contributed by atoms with Gasteiger partial charge in [-0.3, -0.25) is 0 Å². The van der Waals surface area contributed by atoms with Gasteiger partial charge in [0.2, 0.25) is 0 Å². The number of ether oxygens (including phenoxy) is 1. The molecule has 2 aromatic rings. The molecule has 1 fully saturated rings. The smallest absolute Gasteiger partial charge is 0.161 e. The molecular formula is C16H21N3O2. The normalized spacial score (nSPS) is 14.6. The van der Waals surface area contributed by atoms with Crippen LogP contribution in [-0.2, 0) is 13.2 Å². The van der Waals surface area contributed by atoms with Crippen LogP contribution < -0.4 is 10.1 Å². The minimum absolute atomic E-state index is 0.309. The van der Waals surface area contributed by atoms with E-state index in [0.717, 1.165) is 29.6 Å². The molecule has 0 atom stereocenters. The van der Waals surface area contributed by atoms with Crippen molar-refractivity contribution >= 4 is 0 Å². The van der Waals surface area contributed by atoms with Crippen LogP contribution in [0.4, 0.5) is 0 Å². The summed E-state index contributed by atoms with van der Waals surface area (Å²) in [4.78, 5) is 9.03.